The van der Waals surface area contributed by atoms with Crippen molar-refractivity contribution in [1.82, 2.24) is 5.06 Å². The number of ether oxygens (including phenoxy) is 4. The minimum Gasteiger partial charge on any atom is -0.382 e. The molecule has 2 saturated heterocycles. The van der Waals surface area contributed by atoms with Crippen LogP contribution in [0.2, 0.25) is 0 Å². The molecule has 0 aromatic heterocycles. The number of nitrogens with zero attached hydrogens (tertiary/aromatic N) is 4. The highest BCUT2D eigenvalue weighted by molar-refractivity contribution is 6.12. The number of hydroxylamine groups is 2. The first-order valence-corrected chi connectivity index (χ1v) is 26.1. The Labute approximate surface area is 422 Å². The Balaban J connectivity index is 1.12. The first kappa shape index (κ1) is 53.6. The maximum absolute atomic E-state index is 13.7. The molecule has 0 N–H and O–H groups in total. The number of allylic oxidation sites excluding steroid dienone is 8. The Morgan fingerprint density at radius 3 is 1.59 bits per heavy atom. The lowest BCUT2D eigenvalue weighted by molar-refractivity contribution is -0.538. The van der Waals surface area contributed by atoms with E-state index in [-0.39, 0.29) is 36.0 Å². The molecule has 0 unspecified atom stereocenters. The van der Waals surface area contributed by atoms with Crippen molar-refractivity contribution < 1.29 is 47.5 Å². The quantitative estimate of drug-likeness (QED) is 0.0601. The number of fused-ring (bicyclic) bond motifs is 2. The maximum atomic E-state index is 13.7. The summed E-state index contributed by atoms with van der Waals surface area (Å²) < 4.78 is 25.1. The number of methoxy groups -OCH3 is 2. The van der Waals surface area contributed by atoms with E-state index in [9.17, 15) is 19.2 Å². The summed E-state index contributed by atoms with van der Waals surface area (Å²) in [4.78, 5) is 59.4. The molecule has 0 radical (unpaired) electrons. The monoisotopic (exact) mass is 976 g/mol. The van der Waals surface area contributed by atoms with Crippen LogP contribution in [0.15, 0.2) is 83.2 Å². The van der Waals surface area contributed by atoms with E-state index in [0.29, 0.717) is 63.3 Å². The van der Waals surface area contributed by atoms with E-state index < -0.39 is 17.8 Å². The Morgan fingerprint density at radius 1 is 0.634 bits per heavy atom. The van der Waals surface area contributed by atoms with Gasteiger partial charge in [0, 0.05) is 116 Å². The zero-order chi connectivity index (χ0) is 50.7. The molecule has 4 heterocycles. The molecule has 1 aliphatic carbocycles. The molecular weight excluding hydrogens is 897 g/mol. The third-order valence-corrected chi connectivity index (χ3v) is 15.1. The van der Waals surface area contributed by atoms with Gasteiger partial charge in [0.1, 0.15) is 18.9 Å². The van der Waals surface area contributed by atoms with Crippen LogP contribution in [0.25, 0.3) is 0 Å². The van der Waals surface area contributed by atoms with Gasteiger partial charge in [0.05, 0.1) is 39.6 Å². The number of unbranched alkanes of at least 4 members (excludes halogenated alkanes) is 3. The van der Waals surface area contributed by atoms with E-state index in [0.717, 1.165) is 71.1 Å². The van der Waals surface area contributed by atoms with Gasteiger partial charge in [0.25, 0.3) is 11.8 Å². The van der Waals surface area contributed by atoms with Gasteiger partial charge < -0.3 is 33.6 Å². The summed E-state index contributed by atoms with van der Waals surface area (Å²) in [6.45, 7) is 20.2. The normalized spacial score (nSPS) is 21.7. The fourth-order valence-electron chi connectivity index (χ4n) is 11.0. The summed E-state index contributed by atoms with van der Waals surface area (Å²) in [5.41, 5.74) is 13.6. The van der Waals surface area contributed by atoms with Crippen LogP contribution in [0.1, 0.15) is 127 Å². The van der Waals surface area contributed by atoms with Crippen molar-refractivity contribution in [2.45, 2.75) is 129 Å². The van der Waals surface area contributed by atoms with Crippen molar-refractivity contribution in [3.8, 4) is 0 Å². The Hall–Kier alpha value is -5.21. The molecule has 3 fully saturated rings. The van der Waals surface area contributed by atoms with Crippen molar-refractivity contribution in [1.29, 1.82) is 0 Å². The van der Waals surface area contributed by atoms with Gasteiger partial charge in [-0.05, 0) is 74.9 Å². The molecule has 13 heteroatoms. The number of benzene rings is 2. The molecule has 1 saturated carbocycles. The molecule has 2 aromatic carbocycles. The standard InChI is InChI=1S/C58H79N4O9/c1-41-15-21-48-46(39-41)57(3,4)51(60(48)31-33-69-37-35-67-7)23-19-44-17-18-45(20-24-52-58(5,6)47-40-42(2)16-22-49(47)61(52)32-34-70-38-36-68-8)56(44)59-29-27-43(28-30-59)50(63)13-11-9-10-12-14-55(66)71-62-53(64)25-26-54(62)65/h15-16,19-24,39-40,43H,9-14,17-18,25-38H2,1-8H3/q+1. The maximum Gasteiger partial charge on any atom is 0.333 e. The lowest BCUT2D eigenvalue weighted by Gasteiger charge is -2.27. The number of carbonyl (C=O) groups excluding carboxylic acids is 4. The third-order valence-electron chi connectivity index (χ3n) is 15.1. The summed E-state index contributed by atoms with van der Waals surface area (Å²) in [6.07, 6.45) is 16.7. The minimum absolute atomic E-state index is 0.0182. The smallest absolute Gasteiger partial charge is 0.333 e. The lowest BCUT2D eigenvalue weighted by atomic mass is 9.83. The SMILES string of the molecule is COCCOCCN1C(=CC=C2CCC(=CC=C3N(CCOCCOC)c4ccc(C)cc4C3(C)C)C2=[N+]2CCC(C(=O)CCCCCCC(=O)ON3C(=O)CCC3=O)CC2)C(C)(C)c2cc(C)ccc21. The molecule has 7 rings (SSSR count). The summed E-state index contributed by atoms with van der Waals surface area (Å²) >= 11 is 0. The lowest BCUT2D eigenvalue weighted by Crippen LogP contribution is -2.34. The number of hydrogen-bond donors (Lipinski definition) is 0. The van der Waals surface area contributed by atoms with Gasteiger partial charge in [-0.1, -0.05) is 88.1 Å². The second kappa shape index (κ2) is 24.5. The van der Waals surface area contributed by atoms with Crippen LogP contribution in [0.3, 0.4) is 0 Å². The molecule has 384 valence electrons. The first-order valence-electron chi connectivity index (χ1n) is 26.1. The predicted octanol–water partition coefficient (Wildman–Crippen LogP) is 9.32. The number of rotatable bonds is 23. The van der Waals surface area contributed by atoms with Crippen molar-refractivity contribution in [2.75, 3.05) is 89.8 Å². The van der Waals surface area contributed by atoms with E-state index >= 15 is 0 Å². The Morgan fingerprint density at radius 2 is 1.11 bits per heavy atom. The Bertz CT molecular complexity index is 2300. The molecule has 13 nitrogen and oxygen atoms in total. The van der Waals surface area contributed by atoms with E-state index in [2.05, 4.69) is 117 Å². The van der Waals surface area contributed by atoms with Crippen LogP contribution in [0.5, 0.6) is 0 Å². The summed E-state index contributed by atoms with van der Waals surface area (Å²) in [7, 11) is 3.40. The number of aryl methyl sites for hydroxylation is 2. The van der Waals surface area contributed by atoms with E-state index in [1.54, 1.807) is 14.2 Å². The van der Waals surface area contributed by atoms with Crippen LogP contribution in [-0.4, -0.2) is 119 Å². The number of Topliss-reactive ketones (excluding diaryl/α,β-unsaturated/α-hetero) is 1. The van der Waals surface area contributed by atoms with Gasteiger partial charge in [0.15, 0.2) is 0 Å². The molecule has 0 bridgehead atoms. The van der Waals surface area contributed by atoms with Gasteiger partial charge in [-0.2, -0.15) is 0 Å². The molecular formula is C58H79N4O9+. The van der Waals surface area contributed by atoms with Gasteiger partial charge in [-0.3, -0.25) is 14.4 Å². The fourth-order valence-corrected chi connectivity index (χ4v) is 11.0. The van der Waals surface area contributed by atoms with Crippen LogP contribution in [-0.2, 0) is 53.8 Å². The second-order valence-electron chi connectivity index (χ2n) is 20.8. The van der Waals surface area contributed by atoms with E-state index in [4.69, 9.17) is 23.8 Å². The van der Waals surface area contributed by atoms with Crippen LogP contribution in [0.4, 0.5) is 11.4 Å². The molecule has 5 aliphatic rings. The summed E-state index contributed by atoms with van der Waals surface area (Å²) in [6, 6.07) is 13.6. The summed E-state index contributed by atoms with van der Waals surface area (Å²) in [5.74, 6) is -1.18. The van der Waals surface area contributed by atoms with Crippen LogP contribution < -0.4 is 9.80 Å². The van der Waals surface area contributed by atoms with Gasteiger partial charge in [-0.25, -0.2) is 9.37 Å². The van der Waals surface area contributed by atoms with Crippen molar-refractivity contribution in [3.63, 3.8) is 0 Å². The molecule has 71 heavy (non-hydrogen) atoms. The van der Waals surface area contributed by atoms with Crippen LogP contribution >= 0.6 is 0 Å². The van der Waals surface area contributed by atoms with Gasteiger partial charge in [0.2, 0.25) is 5.71 Å². The number of imide groups is 1. The van der Waals surface area contributed by atoms with Crippen LogP contribution in [0, 0.1) is 19.8 Å². The molecule has 0 atom stereocenters. The molecule has 0 spiro atoms. The third kappa shape index (κ3) is 12.7. The first-order chi connectivity index (χ1) is 34.1. The minimum atomic E-state index is -0.574. The van der Waals surface area contributed by atoms with Crippen molar-refractivity contribution in [3.05, 3.63) is 105 Å². The van der Waals surface area contributed by atoms with E-state index in [1.807, 2.05) is 0 Å². The number of anilines is 2. The highest BCUT2D eigenvalue weighted by Gasteiger charge is 2.42. The van der Waals surface area contributed by atoms with Crippen molar-refractivity contribution >= 4 is 40.7 Å². The largest absolute Gasteiger partial charge is 0.382 e. The summed E-state index contributed by atoms with van der Waals surface area (Å²) in [5, 5.41) is 0.601. The average Bonchev–Trinajstić information content (AvgIpc) is 4.02. The number of amides is 2. The Kier molecular flexibility index (Phi) is 18.5. The fraction of sp³-hybridized carbons (Fsp3) is 0.569. The van der Waals surface area contributed by atoms with Crippen molar-refractivity contribution in [2.24, 2.45) is 5.92 Å². The van der Waals surface area contributed by atoms with Gasteiger partial charge >= 0.3 is 5.97 Å². The van der Waals surface area contributed by atoms with E-state index in [1.165, 1.54) is 61.9 Å². The average molecular weight is 976 g/mol. The molecule has 2 amide bonds. The number of carbonyl (C=O) groups is 4. The van der Waals surface area contributed by atoms with Gasteiger partial charge in [-0.15, -0.1) is 5.06 Å². The predicted molar refractivity (Wildman–Crippen MR) is 278 cm³/mol. The highest BCUT2D eigenvalue weighted by atomic mass is 16.7. The molecule has 2 aromatic rings. The number of piperidine rings is 1. The zero-order valence-corrected chi connectivity index (χ0v) is 43.9. The second-order valence-corrected chi connectivity index (χ2v) is 20.8. The topological polar surface area (TPSA) is 127 Å². The zero-order valence-electron chi connectivity index (χ0n) is 43.9. The number of ketones is 1. The molecule has 4 aliphatic heterocycles. The highest BCUT2D eigenvalue weighted by Crippen LogP contribution is 2.49. The number of hydrogen-bond acceptors (Lipinski definition) is 11.